The van der Waals surface area contributed by atoms with E-state index in [0.29, 0.717) is 0 Å². The topological polar surface area (TPSA) is 30.7 Å². The lowest BCUT2D eigenvalue weighted by Crippen LogP contribution is -1.93. The molecule has 0 aliphatic carbocycles. The molecule has 2 heterocycles. The van der Waals surface area contributed by atoms with Crippen molar-refractivity contribution in [1.29, 1.82) is 0 Å². The van der Waals surface area contributed by atoms with E-state index in [2.05, 4.69) is 223 Å². The van der Waals surface area contributed by atoms with Crippen molar-refractivity contribution >= 4 is 75.9 Å². The zero-order chi connectivity index (χ0) is 41.4. The van der Waals surface area contributed by atoms with Crippen LogP contribution < -0.4 is 0 Å². The van der Waals surface area contributed by atoms with Gasteiger partial charge in [-0.25, -0.2) is 4.98 Å². The number of para-hydroxylation sites is 2. The van der Waals surface area contributed by atoms with Gasteiger partial charge in [0.25, 0.3) is 0 Å². The van der Waals surface area contributed by atoms with Crippen LogP contribution in [0.1, 0.15) is 0 Å². The number of hydrogen-bond donors (Lipinski definition) is 0. The minimum atomic E-state index is 0.859. The molecule has 63 heavy (non-hydrogen) atoms. The highest BCUT2D eigenvalue weighted by molar-refractivity contribution is 6.23. The van der Waals surface area contributed by atoms with E-state index in [1.165, 1.54) is 81.9 Å². The van der Waals surface area contributed by atoms with Gasteiger partial charge in [-0.3, -0.25) is 4.98 Å². The Morgan fingerprint density at radius 3 is 1.52 bits per heavy atom. The maximum absolute atomic E-state index is 5.31. The van der Waals surface area contributed by atoms with Crippen LogP contribution in [0.4, 0.5) is 0 Å². The van der Waals surface area contributed by atoms with Crippen LogP contribution >= 0.6 is 0 Å². The molecular formula is C60H37N3. The molecule has 0 aliphatic rings. The number of nitrogens with zero attached hydrogens (tertiary/aromatic N) is 3. The summed E-state index contributed by atoms with van der Waals surface area (Å²) in [5, 5.41) is 12.0. The highest BCUT2D eigenvalue weighted by Gasteiger charge is 2.18. The van der Waals surface area contributed by atoms with Gasteiger partial charge in [-0.15, -0.1) is 0 Å². The third-order valence-electron chi connectivity index (χ3n) is 13.0. The molecule has 0 saturated heterocycles. The van der Waals surface area contributed by atoms with Gasteiger partial charge in [0.05, 0.1) is 34.0 Å². The quantitative estimate of drug-likeness (QED) is 0.162. The largest absolute Gasteiger partial charge is 0.309 e. The third-order valence-corrected chi connectivity index (χ3v) is 13.0. The van der Waals surface area contributed by atoms with E-state index in [4.69, 9.17) is 9.97 Å². The van der Waals surface area contributed by atoms with Crippen molar-refractivity contribution in [3.8, 4) is 50.3 Å². The summed E-state index contributed by atoms with van der Waals surface area (Å²) in [6.07, 6.45) is 1.93. The van der Waals surface area contributed by atoms with Gasteiger partial charge >= 0.3 is 0 Å². The zero-order valence-electron chi connectivity index (χ0n) is 34.2. The first-order chi connectivity index (χ1) is 31.3. The molecule has 11 aromatic carbocycles. The molecule has 3 heteroatoms. The van der Waals surface area contributed by atoms with E-state index < -0.39 is 0 Å². The first-order valence-corrected chi connectivity index (χ1v) is 21.6. The number of aromatic nitrogens is 3. The zero-order valence-corrected chi connectivity index (χ0v) is 34.2. The van der Waals surface area contributed by atoms with E-state index in [1.807, 2.05) is 6.20 Å². The summed E-state index contributed by atoms with van der Waals surface area (Å²) in [6.45, 7) is 0. The van der Waals surface area contributed by atoms with Crippen molar-refractivity contribution in [2.75, 3.05) is 0 Å². The van der Waals surface area contributed by atoms with Gasteiger partial charge in [-0.2, -0.15) is 0 Å². The van der Waals surface area contributed by atoms with Crippen LogP contribution in [0.5, 0.6) is 0 Å². The Morgan fingerprint density at radius 1 is 0.286 bits per heavy atom. The number of hydrogen-bond acceptors (Lipinski definition) is 2. The van der Waals surface area contributed by atoms with Crippen LogP contribution in [-0.4, -0.2) is 14.5 Å². The molecule has 0 aliphatic heterocycles. The Hall–Kier alpha value is -8.40. The lowest BCUT2D eigenvalue weighted by atomic mass is 9.88. The molecule has 0 saturated carbocycles. The second-order valence-corrected chi connectivity index (χ2v) is 16.5. The van der Waals surface area contributed by atoms with Gasteiger partial charge in [-0.1, -0.05) is 188 Å². The lowest BCUT2D eigenvalue weighted by Gasteiger charge is -2.16. The van der Waals surface area contributed by atoms with Crippen LogP contribution in [0, 0.1) is 0 Å². The SMILES string of the molecule is c1ccc(-n2c3ccccc3c3ccc(-c4ccc(-c5cccc6c(-c7cccc(-c8cnc9c%10ccccc%10c%10ccccc%10c9n8)c7)cccc56)c5ccccc45)cc32)cc1. The number of benzene rings is 11. The van der Waals surface area contributed by atoms with E-state index in [0.717, 1.165) is 44.3 Å². The van der Waals surface area contributed by atoms with Crippen molar-refractivity contribution in [3.05, 3.63) is 225 Å². The summed E-state index contributed by atoms with van der Waals surface area (Å²) in [5.74, 6) is 0. The van der Waals surface area contributed by atoms with E-state index in [9.17, 15) is 0 Å². The molecule has 13 rings (SSSR count). The molecule has 0 N–H and O–H groups in total. The molecule has 0 amide bonds. The van der Waals surface area contributed by atoms with Gasteiger partial charge in [0, 0.05) is 32.8 Å². The molecule has 3 nitrogen and oxygen atoms in total. The summed E-state index contributed by atoms with van der Waals surface area (Å²) in [6, 6.07) is 79.1. The normalized spacial score (nSPS) is 11.8. The number of rotatable bonds is 5. The average molecular weight is 800 g/mol. The highest BCUT2D eigenvalue weighted by atomic mass is 15.0. The minimum Gasteiger partial charge on any atom is -0.309 e. The molecule has 13 aromatic rings. The van der Waals surface area contributed by atoms with Crippen molar-refractivity contribution < 1.29 is 0 Å². The van der Waals surface area contributed by atoms with Crippen LogP contribution in [0.3, 0.4) is 0 Å². The average Bonchev–Trinajstić information content (AvgIpc) is 3.69. The Morgan fingerprint density at radius 2 is 0.778 bits per heavy atom. The van der Waals surface area contributed by atoms with E-state index >= 15 is 0 Å². The summed E-state index contributed by atoms with van der Waals surface area (Å²) < 4.78 is 2.40. The van der Waals surface area contributed by atoms with Crippen LogP contribution in [0.2, 0.25) is 0 Å². The van der Waals surface area contributed by atoms with Crippen LogP contribution in [0.25, 0.3) is 126 Å². The Kier molecular flexibility index (Phi) is 7.91. The number of fused-ring (bicyclic) bond motifs is 11. The molecule has 0 spiro atoms. The second-order valence-electron chi connectivity index (χ2n) is 16.5. The monoisotopic (exact) mass is 799 g/mol. The van der Waals surface area contributed by atoms with Crippen molar-refractivity contribution in [2.45, 2.75) is 0 Å². The molecule has 0 fully saturated rings. The standard InChI is InChI=1S/C60H37N3/c1-2-17-41(18-3-1)63-57-30-11-10-23-52(57)53-32-31-39(36-58(53)63)43-33-34-51(46-20-5-4-19-44(43)46)48-29-14-27-45-42(26-13-28-47(45)48)38-15-12-16-40(35-38)56-37-61-59-54-24-8-6-21-49(54)50-22-7-9-25-55(50)60(59)62-56/h1-37H. The van der Waals surface area contributed by atoms with Crippen molar-refractivity contribution in [2.24, 2.45) is 0 Å². The molecule has 2 aromatic heterocycles. The summed E-state index contributed by atoms with van der Waals surface area (Å²) in [5.41, 5.74) is 14.5. The molecule has 292 valence electrons. The van der Waals surface area contributed by atoms with Crippen molar-refractivity contribution in [3.63, 3.8) is 0 Å². The van der Waals surface area contributed by atoms with E-state index in [-0.39, 0.29) is 0 Å². The predicted molar refractivity (Wildman–Crippen MR) is 266 cm³/mol. The maximum Gasteiger partial charge on any atom is 0.0979 e. The Labute approximate surface area is 363 Å². The minimum absolute atomic E-state index is 0.859. The molecule has 0 bridgehead atoms. The molecule has 0 radical (unpaired) electrons. The van der Waals surface area contributed by atoms with Crippen molar-refractivity contribution in [1.82, 2.24) is 14.5 Å². The van der Waals surface area contributed by atoms with E-state index in [1.54, 1.807) is 0 Å². The van der Waals surface area contributed by atoms with Gasteiger partial charge in [-0.05, 0) is 96.0 Å². The maximum atomic E-state index is 5.31. The Balaban J connectivity index is 0.925. The molecule has 0 atom stereocenters. The fourth-order valence-electron chi connectivity index (χ4n) is 10.2. The molecular weight excluding hydrogens is 763 g/mol. The summed E-state index contributed by atoms with van der Waals surface area (Å²) in [7, 11) is 0. The Bertz CT molecular complexity index is 3940. The second kappa shape index (κ2) is 14.1. The first kappa shape index (κ1) is 35.4. The van der Waals surface area contributed by atoms with Crippen LogP contribution in [0.15, 0.2) is 225 Å². The summed E-state index contributed by atoms with van der Waals surface area (Å²) >= 11 is 0. The first-order valence-electron chi connectivity index (χ1n) is 21.6. The fraction of sp³-hybridized carbons (Fsp3) is 0. The van der Waals surface area contributed by atoms with Gasteiger partial charge in [0.1, 0.15) is 0 Å². The smallest absolute Gasteiger partial charge is 0.0979 e. The van der Waals surface area contributed by atoms with Crippen LogP contribution in [-0.2, 0) is 0 Å². The molecule has 0 unspecified atom stereocenters. The van der Waals surface area contributed by atoms with Gasteiger partial charge < -0.3 is 4.57 Å². The van der Waals surface area contributed by atoms with Gasteiger partial charge in [0.15, 0.2) is 0 Å². The third kappa shape index (κ3) is 5.53. The summed E-state index contributed by atoms with van der Waals surface area (Å²) in [4.78, 5) is 10.4. The lowest BCUT2D eigenvalue weighted by molar-refractivity contribution is 1.18. The van der Waals surface area contributed by atoms with Gasteiger partial charge in [0.2, 0.25) is 0 Å². The highest BCUT2D eigenvalue weighted by Crippen LogP contribution is 2.43. The fourth-order valence-corrected chi connectivity index (χ4v) is 10.2. The predicted octanol–water partition coefficient (Wildman–Crippen LogP) is 16.0.